The molecule has 1 aliphatic heterocycles. The van der Waals surface area contributed by atoms with Crippen LogP contribution in [0.15, 0.2) is 24.4 Å². The van der Waals surface area contributed by atoms with Crippen LogP contribution in [0.25, 0.3) is 0 Å². The zero-order valence-corrected chi connectivity index (χ0v) is 11.0. The minimum atomic E-state index is -0.405. The largest absolute Gasteiger partial charge is 0.452 e. The Morgan fingerprint density at radius 2 is 2.11 bits per heavy atom. The number of carbonyl (C=O) groups is 1. The quantitative estimate of drug-likeness (QED) is 0.726. The van der Waals surface area contributed by atoms with Crippen LogP contribution >= 0.6 is 0 Å². The lowest BCUT2D eigenvalue weighted by Gasteiger charge is -2.29. The SMILES string of the molecule is O=C1O[C@]2(c3ccccn3)CC[C@H]3CCCC[C@H]1[C@@H]32. The molecule has 2 saturated carbocycles. The van der Waals surface area contributed by atoms with Gasteiger partial charge in [0.1, 0.15) is 0 Å². The van der Waals surface area contributed by atoms with E-state index in [0.29, 0.717) is 11.8 Å². The number of rotatable bonds is 1. The van der Waals surface area contributed by atoms with Gasteiger partial charge >= 0.3 is 5.97 Å². The van der Waals surface area contributed by atoms with Gasteiger partial charge in [-0.3, -0.25) is 9.78 Å². The van der Waals surface area contributed by atoms with E-state index in [2.05, 4.69) is 4.98 Å². The molecule has 4 atom stereocenters. The highest BCUT2D eigenvalue weighted by molar-refractivity contribution is 5.76. The van der Waals surface area contributed by atoms with Gasteiger partial charge in [0.2, 0.25) is 0 Å². The van der Waals surface area contributed by atoms with E-state index in [1.165, 1.54) is 25.7 Å². The summed E-state index contributed by atoms with van der Waals surface area (Å²) >= 11 is 0. The summed E-state index contributed by atoms with van der Waals surface area (Å²) in [6, 6.07) is 5.96. The number of nitrogens with zero attached hydrogens (tertiary/aromatic N) is 1. The van der Waals surface area contributed by atoms with E-state index in [4.69, 9.17) is 4.74 Å². The Kier molecular flexibility index (Phi) is 2.44. The minimum Gasteiger partial charge on any atom is -0.452 e. The summed E-state index contributed by atoms with van der Waals surface area (Å²) in [5.74, 6) is 1.18. The Bertz CT molecular complexity index is 501. The number of pyridine rings is 1. The smallest absolute Gasteiger partial charge is 0.310 e. The highest BCUT2D eigenvalue weighted by Crippen LogP contribution is 2.60. The Balaban J connectivity index is 1.82. The first-order valence-corrected chi connectivity index (χ1v) is 7.46. The van der Waals surface area contributed by atoms with Gasteiger partial charge in [0.25, 0.3) is 0 Å². The topological polar surface area (TPSA) is 39.2 Å². The molecule has 3 aliphatic rings. The van der Waals surface area contributed by atoms with E-state index < -0.39 is 5.60 Å². The van der Waals surface area contributed by atoms with E-state index in [1.807, 2.05) is 24.4 Å². The lowest BCUT2D eigenvalue weighted by atomic mass is 9.76. The van der Waals surface area contributed by atoms with Gasteiger partial charge in [-0.25, -0.2) is 0 Å². The Morgan fingerprint density at radius 1 is 1.21 bits per heavy atom. The fourth-order valence-corrected chi connectivity index (χ4v) is 4.66. The first-order valence-electron chi connectivity index (χ1n) is 7.46. The summed E-state index contributed by atoms with van der Waals surface area (Å²) in [6.45, 7) is 0. The average Bonchev–Trinajstić information content (AvgIpc) is 2.82. The molecule has 1 saturated heterocycles. The molecule has 1 aromatic rings. The molecule has 19 heavy (non-hydrogen) atoms. The lowest BCUT2D eigenvalue weighted by Crippen LogP contribution is -2.32. The zero-order chi connectivity index (χ0) is 12.9. The second kappa shape index (κ2) is 4.06. The predicted molar refractivity (Wildman–Crippen MR) is 70.2 cm³/mol. The van der Waals surface area contributed by atoms with Gasteiger partial charge in [-0.05, 0) is 43.7 Å². The van der Waals surface area contributed by atoms with Crippen LogP contribution < -0.4 is 0 Å². The maximum absolute atomic E-state index is 12.3. The molecule has 2 aliphatic carbocycles. The van der Waals surface area contributed by atoms with Crippen LogP contribution in [-0.4, -0.2) is 11.0 Å². The van der Waals surface area contributed by atoms with Gasteiger partial charge < -0.3 is 4.74 Å². The predicted octanol–water partition coefficient (Wildman–Crippen LogP) is 3.05. The first-order chi connectivity index (χ1) is 9.31. The number of carbonyl (C=O) groups excluding carboxylic acids is 1. The zero-order valence-electron chi connectivity index (χ0n) is 11.0. The van der Waals surface area contributed by atoms with Gasteiger partial charge in [0.15, 0.2) is 5.60 Å². The van der Waals surface area contributed by atoms with E-state index >= 15 is 0 Å². The molecular weight excluding hydrogens is 238 g/mol. The average molecular weight is 257 g/mol. The number of ether oxygens (including phenoxy) is 1. The van der Waals surface area contributed by atoms with E-state index in [-0.39, 0.29) is 11.9 Å². The number of esters is 1. The molecule has 0 N–H and O–H groups in total. The van der Waals surface area contributed by atoms with Gasteiger partial charge in [0, 0.05) is 12.1 Å². The third-order valence-corrected chi connectivity index (χ3v) is 5.39. The minimum absolute atomic E-state index is 0.0299. The fourth-order valence-electron chi connectivity index (χ4n) is 4.66. The standard InChI is InChI=1S/C16H19NO2/c18-15-12-6-2-1-5-11-8-9-16(19-15,14(11)12)13-7-3-4-10-17-13/h3-4,7,10-12,14H,1-2,5-6,8-9H2/t11-,12+,14-,16+/m1/s1. The first kappa shape index (κ1) is 11.4. The van der Waals surface area contributed by atoms with Crippen molar-refractivity contribution in [2.24, 2.45) is 17.8 Å². The number of hydrogen-bond acceptors (Lipinski definition) is 3. The van der Waals surface area contributed by atoms with Gasteiger partial charge in [0.05, 0.1) is 11.6 Å². The van der Waals surface area contributed by atoms with Crippen molar-refractivity contribution >= 4 is 5.97 Å². The van der Waals surface area contributed by atoms with Crippen molar-refractivity contribution < 1.29 is 9.53 Å². The van der Waals surface area contributed by atoms with Crippen molar-refractivity contribution in [2.75, 3.05) is 0 Å². The van der Waals surface area contributed by atoms with Crippen LogP contribution in [-0.2, 0) is 15.1 Å². The summed E-state index contributed by atoms with van der Waals surface area (Å²) in [4.78, 5) is 16.8. The maximum Gasteiger partial charge on any atom is 0.310 e. The van der Waals surface area contributed by atoms with Gasteiger partial charge in [-0.1, -0.05) is 18.9 Å². The summed E-state index contributed by atoms with van der Waals surface area (Å²) in [5.41, 5.74) is 0.568. The Morgan fingerprint density at radius 3 is 2.95 bits per heavy atom. The molecule has 4 rings (SSSR count). The number of hydrogen-bond donors (Lipinski definition) is 0. The van der Waals surface area contributed by atoms with Crippen LogP contribution in [0.1, 0.15) is 44.2 Å². The molecule has 3 heteroatoms. The molecule has 3 nitrogen and oxygen atoms in total. The van der Waals surface area contributed by atoms with Crippen LogP contribution in [0.4, 0.5) is 0 Å². The third kappa shape index (κ3) is 1.50. The molecule has 0 bridgehead atoms. The van der Waals surface area contributed by atoms with Crippen molar-refractivity contribution in [3.05, 3.63) is 30.1 Å². The summed E-state index contributed by atoms with van der Waals surface area (Å²) < 4.78 is 5.93. The molecule has 0 unspecified atom stereocenters. The summed E-state index contributed by atoms with van der Waals surface area (Å²) in [7, 11) is 0. The molecule has 3 fully saturated rings. The van der Waals surface area contributed by atoms with Crippen molar-refractivity contribution in [3.8, 4) is 0 Å². The molecule has 1 aromatic heterocycles. The van der Waals surface area contributed by atoms with Crippen molar-refractivity contribution in [1.82, 2.24) is 4.98 Å². The van der Waals surface area contributed by atoms with Gasteiger partial charge in [-0.2, -0.15) is 0 Å². The second-order valence-corrected chi connectivity index (χ2v) is 6.24. The molecular formula is C16H19NO2. The highest BCUT2D eigenvalue weighted by Gasteiger charge is 2.63. The fraction of sp³-hybridized carbons (Fsp3) is 0.625. The van der Waals surface area contributed by atoms with Crippen molar-refractivity contribution in [2.45, 2.75) is 44.1 Å². The maximum atomic E-state index is 12.3. The van der Waals surface area contributed by atoms with Crippen LogP contribution in [0.3, 0.4) is 0 Å². The monoisotopic (exact) mass is 257 g/mol. The Labute approximate surface area is 113 Å². The van der Waals surface area contributed by atoms with Gasteiger partial charge in [-0.15, -0.1) is 0 Å². The molecule has 0 amide bonds. The molecule has 0 aromatic carbocycles. The van der Waals surface area contributed by atoms with E-state index in [0.717, 1.165) is 18.5 Å². The normalized spacial score (nSPS) is 40.6. The van der Waals surface area contributed by atoms with Crippen molar-refractivity contribution in [3.63, 3.8) is 0 Å². The summed E-state index contributed by atoms with van der Waals surface area (Å²) in [6.07, 6.45) is 8.66. The third-order valence-electron chi connectivity index (χ3n) is 5.39. The van der Waals surface area contributed by atoms with Crippen LogP contribution in [0.2, 0.25) is 0 Å². The molecule has 2 heterocycles. The molecule has 100 valence electrons. The van der Waals surface area contributed by atoms with E-state index in [9.17, 15) is 4.79 Å². The highest BCUT2D eigenvalue weighted by atomic mass is 16.6. The number of aromatic nitrogens is 1. The second-order valence-electron chi connectivity index (χ2n) is 6.24. The van der Waals surface area contributed by atoms with Crippen molar-refractivity contribution in [1.29, 1.82) is 0 Å². The van der Waals surface area contributed by atoms with Crippen LogP contribution in [0, 0.1) is 17.8 Å². The Hall–Kier alpha value is -1.38. The summed E-state index contributed by atoms with van der Waals surface area (Å²) in [5, 5.41) is 0. The van der Waals surface area contributed by atoms with Crippen LogP contribution in [0.5, 0.6) is 0 Å². The lowest BCUT2D eigenvalue weighted by molar-refractivity contribution is -0.152. The molecule has 0 spiro atoms. The van der Waals surface area contributed by atoms with E-state index in [1.54, 1.807) is 0 Å². The molecule has 0 radical (unpaired) electrons.